The van der Waals surface area contributed by atoms with Crippen LogP contribution in [0.15, 0.2) is 36.9 Å². The number of nitrogens with zero attached hydrogens (tertiary/aromatic N) is 4. The summed E-state index contributed by atoms with van der Waals surface area (Å²) in [6.45, 7) is 12.1. The molecule has 2 saturated heterocycles. The van der Waals surface area contributed by atoms with Crippen LogP contribution in [0.2, 0.25) is 0 Å². The summed E-state index contributed by atoms with van der Waals surface area (Å²) in [6.07, 6.45) is 5.52. The van der Waals surface area contributed by atoms with Crippen molar-refractivity contribution in [2.45, 2.75) is 39.0 Å². The second kappa shape index (κ2) is 9.61. The Morgan fingerprint density at radius 2 is 2.10 bits per heavy atom. The summed E-state index contributed by atoms with van der Waals surface area (Å²) in [7, 11) is 0. The summed E-state index contributed by atoms with van der Waals surface area (Å²) in [5, 5.41) is 0. The minimum atomic E-state index is 0.504. The number of rotatable bonds is 8. The molecule has 2 aliphatic heterocycles. The summed E-state index contributed by atoms with van der Waals surface area (Å²) in [6, 6.07) is 7.35. The van der Waals surface area contributed by atoms with Crippen molar-refractivity contribution in [1.82, 2.24) is 19.4 Å². The van der Waals surface area contributed by atoms with Crippen LogP contribution >= 0.6 is 0 Å². The van der Waals surface area contributed by atoms with Crippen LogP contribution in [0.5, 0.6) is 11.5 Å². The highest BCUT2D eigenvalue weighted by molar-refractivity contribution is 5.43. The fraction of sp³-hybridized carbons (Fsp3) is 0.591. The highest BCUT2D eigenvalue weighted by Crippen LogP contribution is 2.29. The van der Waals surface area contributed by atoms with E-state index in [4.69, 9.17) is 14.2 Å². The number of imidazole rings is 1. The van der Waals surface area contributed by atoms with Gasteiger partial charge in [0.2, 0.25) is 0 Å². The molecule has 7 nitrogen and oxygen atoms in total. The van der Waals surface area contributed by atoms with E-state index < -0.39 is 0 Å². The maximum absolute atomic E-state index is 5.98. The van der Waals surface area contributed by atoms with Crippen LogP contribution in [-0.2, 0) is 17.8 Å². The molecule has 7 heteroatoms. The van der Waals surface area contributed by atoms with Gasteiger partial charge in [-0.05, 0) is 31.5 Å². The summed E-state index contributed by atoms with van der Waals surface area (Å²) in [5.74, 6) is 1.62. The lowest BCUT2D eigenvalue weighted by molar-refractivity contribution is -0.0765. The third-order valence-corrected chi connectivity index (χ3v) is 5.73. The molecule has 0 amide bonds. The van der Waals surface area contributed by atoms with E-state index in [1.807, 2.05) is 23.8 Å². The lowest BCUT2D eigenvalue weighted by atomic mass is 10.1. The summed E-state index contributed by atoms with van der Waals surface area (Å²) in [5.41, 5.74) is 1.26. The monoisotopic (exact) mass is 400 g/mol. The van der Waals surface area contributed by atoms with Crippen LogP contribution in [0, 0.1) is 0 Å². The summed E-state index contributed by atoms with van der Waals surface area (Å²) >= 11 is 0. The highest BCUT2D eigenvalue weighted by atomic mass is 16.5. The molecular formula is C22H32N4O3. The van der Waals surface area contributed by atoms with Gasteiger partial charge in [-0.15, -0.1) is 0 Å². The summed E-state index contributed by atoms with van der Waals surface area (Å²) < 4.78 is 19.6. The first-order valence-corrected chi connectivity index (χ1v) is 10.6. The molecule has 1 aromatic heterocycles. The zero-order valence-electron chi connectivity index (χ0n) is 17.5. The molecule has 2 aliphatic rings. The molecule has 2 atom stereocenters. The van der Waals surface area contributed by atoms with Crippen molar-refractivity contribution in [3.05, 3.63) is 42.5 Å². The second-order valence-corrected chi connectivity index (χ2v) is 7.88. The van der Waals surface area contributed by atoms with Crippen molar-refractivity contribution in [2.24, 2.45) is 0 Å². The quantitative estimate of drug-likeness (QED) is 0.678. The molecule has 0 aliphatic carbocycles. The van der Waals surface area contributed by atoms with Crippen molar-refractivity contribution < 1.29 is 14.2 Å². The Hall–Kier alpha value is -2.09. The Morgan fingerprint density at radius 1 is 1.17 bits per heavy atom. The van der Waals surface area contributed by atoms with E-state index in [1.165, 1.54) is 5.56 Å². The Morgan fingerprint density at radius 3 is 2.93 bits per heavy atom. The maximum atomic E-state index is 5.98. The minimum absolute atomic E-state index is 0.504. The van der Waals surface area contributed by atoms with Crippen molar-refractivity contribution in [1.29, 1.82) is 0 Å². The zero-order valence-corrected chi connectivity index (χ0v) is 17.5. The van der Waals surface area contributed by atoms with Crippen molar-refractivity contribution in [3.63, 3.8) is 0 Å². The van der Waals surface area contributed by atoms with E-state index in [0.717, 1.165) is 57.4 Å². The average molecular weight is 401 g/mol. The first-order valence-electron chi connectivity index (χ1n) is 10.6. The van der Waals surface area contributed by atoms with Crippen molar-refractivity contribution >= 4 is 0 Å². The van der Waals surface area contributed by atoms with Gasteiger partial charge in [-0.2, -0.15) is 0 Å². The first kappa shape index (κ1) is 20.2. The van der Waals surface area contributed by atoms with Gasteiger partial charge < -0.3 is 18.8 Å². The Kier molecular flexibility index (Phi) is 6.69. The number of hydrogen-bond acceptors (Lipinski definition) is 6. The van der Waals surface area contributed by atoms with Crippen LogP contribution < -0.4 is 9.47 Å². The molecule has 1 aromatic carbocycles. The molecule has 4 rings (SSSR count). The standard InChI is InChI=1S/C22H32N4O3/c1-3-28-22-12-19(4-5-21(22)29-11-10-24-7-6-23-17-24)13-25-8-9-26-18(2)15-27-16-20(26)14-25/h4-7,12,17-18,20H,3,8-11,13-16H2,1-2H3/t18-,20+/m0/s1. The van der Waals surface area contributed by atoms with Crippen molar-refractivity contribution in [3.8, 4) is 11.5 Å². The topological polar surface area (TPSA) is 52.0 Å². The van der Waals surface area contributed by atoms with Gasteiger partial charge in [-0.1, -0.05) is 6.07 Å². The second-order valence-electron chi connectivity index (χ2n) is 7.88. The number of benzene rings is 1. The van der Waals surface area contributed by atoms with Crippen LogP contribution in [0.3, 0.4) is 0 Å². The number of fused-ring (bicyclic) bond motifs is 1. The van der Waals surface area contributed by atoms with E-state index in [2.05, 4.69) is 33.8 Å². The maximum Gasteiger partial charge on any atom is 0.161 e. The van der Waals surface area contributed by atoms with Gasteiger partial charge in [0, 0.05) is 50.7 Å². The Balaban J connectivity index is 1.35. The summed E-state index contributed by atoms with van der Waals surface area (Å²) in [4.78, 5) is 9.18. The van der Waals surface area contributed by atoms with Crippen molar-refractivity contribution in [2.75, 3.05) is 46.1 Å². The molecular weight excluding hydrogens is 368 g/mol. The normalized spacial score (nSPS) is 23.0. The predicted molar refractivity (Wildman–Crippen MR) is 111 cm³/mol. The van der Waals surface area contributed by atoms with Crippen LogP contribution in [0.4, 0.5) is 0 Å². The third-order valence-electron chi connectivity index (χ3n) is 5.73. The molecule has 0 bridgehead atoms. The number of morpholine rings is 1. The van der Waals surface area contributed by atoms with Crippen LogP contribution in [0.1, 0.15) is 19.4 Å². The molecule has 158 valence electrons. The highest BCUT2D eigenvalue weighted by Gasteiger charge is 2.33. The van der Waals surface area contributed by atoms with E-state index in [9.17, 15) is 0 Å². The molecule has 0 spiro atoms. The molecule has 0 N–H and O–H groups in total. The number of hydrogen-bond donors (Lipinski definition) is 0. The first-order chi connectivity index (χ1) is 14.2. The number of piperazine rings is 1. The largest absolute Gasteiger partial charge is 0.490 e. The fourth-order valence-corrected chi connectivity index (χ4v) is 4.25. The average Bonchev–Trinajstić information content (AvgIpc) is 3.23. The lowest BCUT2D eigenvalue weighted by Crippen LogP contribution is -2.60. The predicted octanol–water partition coefficient (Wildman–Crippen LogP) is 2.27. The van der Waals surface area contributed by atoms with E-state index >= 15 is 0 Å². The molecule has 2 fully saturated rings. The molecule has 0 unspecified atom stereocenters. The lowest BCUT2D eigenvalue weighted by Gasteiger charge is -2.47. The molecule has 29 heavy (non-hydrogen) atoms. The van der Waals surface area contributed by atoms with E-state index in [0.29, 0.717) is 25.3 Å². The van der Waals surface area contributed by atoms with Gasteiger partial charge in [-0.3, -0.25) is 9.80 Å². The van der Waals surface area contributed by atoms with Gasteiger partial charge in [0.25, 0.3) is 0 Å². The van der Waals surface area contributed by atoms with Crippen LogP contribution in [-0.4, -0.2) is 77.5 Å². The molecule has 3 heterocycles. The molecule has 0 saturated carbocycles. The Labute approximate surface area is 173 Å². The zero-order chi connectivity index (χ0) is 20.1. The van der Waals surface area contributed by atoms with Gasteiger partial charge >= 0.3 is 0 Å². The Bertz CT molecular complexity index is 767. The van der Waals surface area contributed by atoms with Gasteiger partial charge in [0.05, 0.1) is 32.7 Å². The van der Waals surface area contributed by atoms with Crippen LogP contribution in [0.25, 0.3) is 0 Å². The third kappa shape index (κ3) is 5.10. The van der Waals surface area contributed by atoms with Gasteiger partial charge in [-0.25, -0.2) is 4.98 Å². The van der Waals surface area contributed by atoms with E-state index in [1.54, 1.807) is 12.5 Å². The fourth-order valence-electron chi connectivity index (χ4n) is 4.25. The van der Waals surface area contributed by atoms with E-state index in [-0.39, 0.29) is 0 Å². The number of aromatic nitrogens is 2. The smallest absolute Gasteiger partial charge is 0.161 e. The SMILES string of the molecule is CCOc1cc(CN2CCN3[C@@H](COC[C@@H]3C)C2)ccc1OCCn1ccnc1. The van der Waals surface area contributed by atoms with Gasteiger partial charge in [0.15, 0.2) is 11.5 Å². The minimum Gasteiger partial charge on any atom is -0.490 e. The number of ether oxygens (including phenoxy) is 3. The van der Waals surface area contributed by atoms with Gasteiger partial charge in [0.1, 0.15) is 6.61 Å². The molecule has 2 aromatic rings. The molecule has 0 radical (unpaired) electrons.